The lowest BCUT2D eigenvalue weighted by Crippen LogP contribution is -2.15. The highest BCUT2D eigenvalue weighted by atomic mass is 35.5. The molecular weight excluding hydrogens is 408 g/mol. The molecule has 0 radical (unpaired) electrons. The zero-order chi connectivity index (χ0) is 21.2. The summed E-state index contributed by atoms with van der Waals surface area (Å²) in [6.45, 7) is 5.68. The highest BCUT2D eigenvalue weighted by Gasteiger charge is 2.15. The monoisotopic (exact) mass is 428 g/mol. The number of carbonyl (C=O) groups is 1. The molecule has 3 rings (SSSR count). The Labute approximate surface area is 175 Å². The maximum Gasteiger partial charge on any atom is 0.261 e. The predicted octanol–water partition coefficient (Wildman–Crippen LogP) is 5.32. The van der Waals surface area contributed by atoms with Crippen LogP contribution < -0.4 is 10.0 Å². The van der Waals surface area contributed by atoms with Crippen molar-refractivity contribution in [3.8, 4) is 0 Å². The van der Waals surface area contributed by atoms with Gasteiger partial charge in [0, 0.05) is 16.3 Å². The van der Waals surface area contributed by atoms with Gasteiger partial charge in [-0.05, 0) is 74.4 Å². The topological polar surface area (TPSA) is 75.3 Å². The minimum absolute atomic E-state index is 0.0821. The van der Waals surface area contributed by atoms with Gasteiger partial charge in [-0.25, -0.2) is 8.42 Å². The Kier molecular flexibility index (Phi) is 5.96. The Morgan fingerprint density at radius 2 is 1.48 bits per heavy atom. The maximum absolute atomic E-state index is 12.6. The summed E-state index contributed by atoms with van der Waals surface area (Å²) in [5.74, 6) is -0.245. The zero-order valence-electron chi connectivity index (χ0n) is 16.3. The summed E-state index contributed by atoms with van der Waals surface area (Å²) in [5.41, 5.74) is 4.28. The first-order valence-corrected chi connectivity index (χ1v) is 10.8. The van der Waals surface area contributed by atoms with Crippen LogP contribution in [0.15, 0.2) is 65.6 Å². The number of carbonyl (C=O) groups excluding carboxylic acids is 1. The smallest absolute Gasteiger partial charge is 0.261 e. The van der Waals surface area contributed by atoms with Crippen LogP contribution in [-0.4, -0.2) is 14.3 Å². The van der Waals surface area contributed by atoms with E-state index < -0.39 is 10.0 Å². The Bertz CT molecular complexity index is 1170. The molecule has 1 amide bonds. The molecule has 0 aromatic heterocycles. The quantitative estimate of drug-likeness (QED) is 0.577. The minimum atomic E-state index is -3.77. The van der Waals surface area contributed by atoms with Crippen molar-refractivity contribution in [3.63, 3.8) is 0 Å². The summed E-state index contributed by atoms with van der Waals surface area (Å²) >= 11 is 6.05. The number of nitrogens with one attached hydrogen (secondary N) is 2. The van der Waals surface area contributed by atoms with Crippen LogP contribution in [-0.2, 0) is 10.0 Å². The molecule has 29 heavy (non-hydrogen) atoms. The second kappa shape index (κ2) is 8.27. The molecule has 0 aliphatic carbocycles. The largest absolute Gasteiger partial charge is 0.322 e. The predicted molar refractivity (Wildman–Crippen MR) is 117 cm³/mol. The Morgan fingerprint density at radius 1 is 0.828 bits per heavy atom. The van der Waals surface area contributed by atoms with Crippen molar-refractivity contribution < 1.29 is 13.2 Å². The Hall–Kier alpha value is -2.83. The van der Waals surface area contributed by atoms with Crippen molar-refractivity contribution in [2.24, 2.45) is 0 Å². The third kappa shape index (κ3) is 4.96. The van der Waals surface area contributed by atoms with Crippen LogP contribution in [0.2, 0.25) is 5.02 Å². The molecule has 3 aromatic rings. The highest BCUT2D eigenvalue weighted by Crippen LogP contribution is 2.23. The average Bonchev–Trinajstić information content (AvgIpc) is 2.65. The van der Waals surface area contributed by atoms with Crippen molar-refractivity contribution in [3.05, 3.63) is 87.9 Å². The lowest BCUT2D eigenvalue weighted by molar-refractivity contribution is 0.102. The van der Waals surface area contributed by atoms with Crippen LogP contribution in [0.4, 0.5) is 11.4 Å². The molecule has 0 heterocycles. The van der Waals surface area contributed by atoms with Gasteiger partial charge in [0.05, 0.1) is 10.6 Å². The van der Waals surface area contributed by atoms with Gasteiger partial charge in [-0.3, -0.25) is 9.52 Å². The van der Waals surface area contributed by atoms with Crippen molar-refractivity contribution in [2.75, 3.05) is 10.0 Å². The number of hydrogen-bond donors (Lipinski definition) is 2. The van der Waals surface area contributed by atoms with Crippen molar-refractivity contribution in [1.29, 1.82) is 0 Å². The molecule has 0 aliphatic rings. The van der Waals surface area contributed by atoms with E-state index in [0.29, 0.717) is 22.0 Å². The summed E-state index contributed by atoms with van der Waals surface area (Å²) in [5, 5.41) is 3.27. The molecule has 0 fully saturated rings. The van der Waals surface area contributed by atoms with Gasteiger partial charge in [0.1, 0.15) is 0 Å². The van der Waals surface area contributed by atoms with Gasteiger partial charge < -0.3 is 5.32 Å². The van der Waals surface area contributed by atoms with Crippen LogP contribution >= 0.6 is 11.6 Å². The molecule has 3 aromatic carbocycles. The Morgan fingerprint density at radius 3 is 2.10 bits per heavy atom. The van der Waals surface area contributed by atoms with Crippen molar-refractivity contribution >= 4 is 38.9 Å². The third-order valence-electron chi connectivity index (χ3n) is 4.47. The van der Waals surface area contributed by atoms with Gasteiger partial charge in [-0.2, -0.15) is 0 Å². The van der Waals surface area contributed by atoms with Gasteiger partial charge in [0.25, 0.3) is 15.9 Å². The van der Waals surface area contributed by atoms with E-state index in [4.69, 9.17) is 11.6 Å². The lowest BCUT2D eigenvalue weighted by Gasteiger charge is -2.11. The summed E-state index contributed by atoms with van der Waals surface area (Å²) in [4.78, 5) is 12.6. The van der Waals surface area contributed by atoms with Crippen LogP contribution in [0, 0.1) is 20.8 Å². The van der Waals surface area contributed by atoms with Crippen LogP contribution in [0.3, 0.4) is 0 Å². The maximum atomic E-state index is 12.6. The molecule has 5 nitrogen and oxygen atoms in total. The summed E-state index contributed by atoms with van der Waals surface area (Å²) in [6.07, 6.45) is 0. The SMILES string of the molecule is Cc1ccc(C(=O)Nc2ccc(S(=O)(=O)Nc3ccc(C)c(Cl)c3)cc2)c(C)c1. The van der Waals surface area contributed by atoms with E-state index in [9.17, 15) is 13.2 Å². The molecule has 2 N–H and O–H groups in total. The fourth-order valence-electron chi connectivity index (χ4n) is 2.85. The molecule has 0 atom stereocenters. The molecule has 0 saturated carbocycles. The number of benzene rings is 3. The number of hydrogen-bond acceptors (Lipinski definition) is 3. The fraction of sp³-hybridized carbons (Fsp3) is 0.136. The van der Waals surface area contributed by atoms with Crippen molar-refractivity contribution in [2.45, 2.75) is 25.7 Å². The lowest BCUT2D eigenvalue weighted by atomic mass is 10.1. The number of sulfonamides is 1. The first-order chi connectivity index (χ1) is 13.7. The zero-order valence-corrected chi connectivity index (χ0v) is 17.9. The molecule has 7 heteroatoms. The van der Waals surface area contributed by atoms with E-state index in [-0.39, 0.29) is 10.8 Å². The van der Waals surface area contributed by atoms with Gasteiger partial charge in [-0.15, -0.1) is 0 Å². The number of rotatable bonds is 5. The molecule has 150 valence electrons. The first-order valence-electron chi connectivity index (χ1n) is 8.93. The number of aryl methyl sites for hydroxylation is 3. The van der Waals surface area contributed by atoms with Crippen LogP contribution in [0.1, 0.15) is 27.0 Å². The summed E-state index contributed by atoms with van der Waals surface area (Å²) in [6, 6.07) is 16.5. The van der Waals surface area contributed by atoms with E-state index in [0.717, 1.165) is 16.7 Å². The standard InChI is InChI=1S/C22H21ClN2O3S/c1-14-4-11-20(16(3)12-14)22(26)24-17-7-9-19(10-8-17)29(27,28)25-18-6-5-15(2)21(23)13-18/h4-13,25H,1-3H3,(H,24,26). The molecule has 0 aliphatic heterocycles. The van der Waals surface area contributed by atoms with E-state index in [2.05, 4.69) is 10.0 Å². The number of amides is 1. The minimum Gasteiger partial charge on any atom is -0.322 e. The van der Waals surface area contributed by atoms with Crippen molar-refractivity contribution in [1.82, 2.24) is 0 Å². The fourth-order valence-corrected chi connectivity index (χ4v) is 4.08. The normalized spacial score (nSPS) is 11.2. The van der Waals surface area contributed by atoms with E-state index in [1.165, 1.54) is 12.1 Å². The van der Waals surface area contributed by atoms with Crippen LogP contribution in [0.25, 0.3) is 0 Å². The molecule has 0 bridgehead atoms. The van der Waals surface area contributed by atoms with Crippen LogP contribution in [0.5, 0.6) is 0 Å². The van der Waals surface area contributed by atoms with E-state index in [1.54, 1.807) is 36.4 Å². The highest BCUT2D eigenvalue weighted by molar-refractivity contribution is 7.92. The van der Waals surface area contributed by atoms with Gasteiger partial charge >= 0.3 is 0 Å². The van der Waals surface area contributed by atoms with Gasteiger partial charge in [0.2, 0.25) is 0 Å². The second-order valence-electron chi connectivity index (χ2n) is 6.87. The summed E-state index contributed by atoms with van der Waals surface area (Å²) in [7, 11) is -3.77. The number of halogens is 1. The van der Waals surface area contributed by atoms with Gasteiger partial charge in [0.15, 0.2) is 0 Å². The average molecular weight is 429 g/mol. The molecular formula is C22H21ClN2O3S. The summed E-state index contributed by atoms with van der Waals surface area (Å²) < 4.78 is 27.7. The second-order valence-corrected chi connectivity index (χ2v) is 8.96. The molecule has 0 saturated heterocycles. The Balaban J connectivity index is 1.75. The molecule has 0 spiro atoms. The first kappa shape index (κ1) is 20.9. The van der Waals surface area contributed by atoms with Gasteiger partial charge in [-0.1, -0.05) is 35.4 Å². The third-order valence-corrected chi connectivity index (χ3v) is 6.28. The number of anilines is 2. The van der Waals surface area contributed by atoms with E-state index in [1.807, 2.05) is 32.9 Å². The van der Waals surface area contributed by atoms with E-state index >= 15 is 0 Å². The molecule has 0 unspecified atom stereocenters.